The van der Waals surface area contributed by atoms with Gasteiger partial charge in [-0.15, -0.1) is 0 Å². The van der Waals surface area contributed by atoms with Crippen molar-refractivity contribution >= 4 is 5.97 Å². The quantitative estimate of drug-likeness (QED) is 0.872. The van der Waals surface area contributed by atoms with Crippen LogP contribution in [0.4, 0.5) is 0 Å². The van der Waals surface area contributed by atoms with Crippen molar-refractivity contribution in [1.82, 2.24) is 4.90 Å². The summed E-state index contributed by atoms with van der Waals surface area (Å²) >= 11 is 0. The maximum absolute atomic E-state index is 10.6. The Morgan fingerprint density at radius 1 is 1.17 bits per heavy atom. The first-order chi connectivity index (χ1) is 8.26. The molecule has 0 amide bonds. The van der Waals surface area contributed by atoms with Crippen molar-refractivity contribution in [2.75, 3.05) is 13.6 Å². The summed E-state index contributed by atoms with van der Waals surface area (Å²) in [5, 5.41) is 8.70. The van der Waals surface area contributed by atoms with E-state index >= 15 is 0 Å². The molecular formula is C15H23NO2. The van der Waals surface area contributed by atoms with Gasteiger partial charge in [0.25, 0.3) is 0 Å². The maximum Gasteiger partial charge on any atom is 0.307 e. The highest BCUT2D eigenvalue weighted by atomic mass is 16.4. The molecule has 1 aromatic carbocycles. The Morgan fingerprint density at radius 2 is 1.67 bits per heavy atom. The van der Waals surface area contributed by atoms with E-state index in [9.17, 15) is 4.79 Å². The number of hydrogen-bond acceptors (Lipinski definition) is 2. The van der Waals surface area contributed by atoms with Gasteiger partial charge in [-0.25, -0.2) is 0 Å². The van der Waals surface area contributed by atoms with Crippen LogP contribution in [-0.4, -0.2) is 29.6 Å². The fourth-order valence-electron chi connectivity index (χ4n) is 2.11. The smallest absolute Gasteiger partial charge is 0.307 e. The molecule has 0 atom stereocenters. The summed E-state index contributed by atoms with van der Waals surface area (Å²) < 4.78 is 0. The van der Waals surface area contributed by atoms with Gasteiger partial charge in [0.1, 0.15) is 0 Å². The van der Waals surface area contributed by atoms with Gasteiger partial charge in [0.05, 0.1) is 6.42 Å². The molecule has 0 fully saturated rings. The summed E-state index contributed by atoms with van der Waals surface area (Å²) in [6, 6.07) is 7.82. The molecule has 0 bridgehead atoms. The van der Waals surface area contributed by atoms with Crippen molar-refractivity contribution in [2.45, 2.75) is 33.7 Å². The molecule has 0 spiro atoms. The fraction of sp³-hybridized carbons (Fsp3) is 0.533. The van der Waals surface area contributed by atoms with Crippen LogP contribution in [0.5, 0.6) is 0 Å². The molecule has 0 unspecified atom stereocenters. The summed E-state index contributed by atoms with van der Waals surface area (Å²) in [7, 11) is 2.11. The van der Waals surface area contributed by atoms with Crippen molar-refractivity contribution in [1.29, 1.82) is 0 Å². The Kier molecular flexibility index (Phi) is 4.91. The van der Waals surface area contributed by atoms with E-state index in [4.69, 9.17) is 5.11 Å². The molecule has 0 radical (unpaired) electrons. The second-order valence-corrected chi connectivity index (χ2v) is 6.12. The van der Waals surface area contributed by atoms with Crippen LogP contribution in [0.15, 0.2) is 24.3 Å². The molecule has 0 saturated carbocycles. The lowest BCUT2D eigenvalue weighted by Crippen LogP contribution is -2.28. The Labute approximate surface area is 109 Å². The van der Waals surface area contributed by atoms with E-state index in [0.717, 1.165) is 18.7 Å². The SMILES string of the molecule is CN(Cc1ccc(CC(=O)O)cc1)CC(C)(C)C. The van der Waals surface area contributed by atoms with Crippen LogP contribution in [0.1, 0.15) is 31.9 Å². The van der Waals surface area contributed by atoms with Crippen molar-refractivity contribution < 1.29 is 9.90 Å². The Balaban J connectivity index is 2.55. The first kappa shape index (κ1) is 14.7. The first-order valence-electron chi connectivity index (χ1n) is 6.24. The highest BCUT2D eigenvalue weighted by molar-refractivity contribution is 5.70. The van der Waals surface area contributed by atoms with E-state index in [1.165, 1.54) is 5.56 Å². The monoisotopic (exact) mass is 249 g/mol. The van der Waals surface area contributed by atoms with Crippen LogP contribution >= 0.6 is 0 Å². The van der Waals surface area contributed by atoms with Gasteiger partial charge in [0.15, 0.2) is 0 Å². The maximum atomic E-state index is 10.6. The van der Waals surface area contributed by atoms with Gasteiger partial charge < -0.3 is 10.0 Å². The molecule has 0 aliphatic carbocycles. The largest absolute Gasteiger partial charge is 0.481 e. The van der Waals surface area contributed by atoms with Crippen LogP contribution < -0.4 is 0 Å². The molecule has 3 nitrogen and oxygen atoms in total. The van der Waals surface area contributed by atoms with Crippen LogP contribution in [0.25, 0.3) is 0 Å². The summed E-state index contributed by atoms with van der Waals surface area (Å²) in [6.07, 6.45) is 0.0953. The molecule has 1 aromatic rings. The van der Waals surface area contributed by atoms with E-state index in [1.807, 2.05) is 24.3 Å². The Bertz CT molecular complexity index is 390. The minimum Gasteiger partial charge on any atom is -0.481 e. The number of carboxylic acids is 1. The number of nitrogens with zero attached hydrogens (tertiary/aromatic N) is 1. The second kappa shape index (κ2) is 6.01. The molecule has 3 heteroatoms. The normalized spacial score (nSPS) is 11.8. The predicted octanol–water partition coefficient (Wildman–Crippen LogP) is 2.79. The van der Waals surface area contributed by atoms with E-state index in [0.29, 0.717) is 0 Å². The highest BCUT2D eigenvalue weighted by Crippen LogP contribution is 2.16. The number of carbonyl (C=O) groups is 1. The van der Waals surface area contributed by atoms with E-state index < -0.39 is 5.97 Å². The van der Waals surface area contributed by atoms with Crippen molar-refractivity contribution in [3.05, 3.63) is 35.4 Å². The molecule has 1 N–H and O–H groups in total. The van der Waals surface area contributed by atoms with Crippen molar-refractivity contribution in [3.63, 3.8) is 0 Å². The minimum absolute atomic E-state index is 0.0953. The molecule has 1 rings (SSSR count). The van der Waals surface area contributed by atoms with Gasteiger partial charge in [-0.05, 0) is 23.6 Å². The van der Waals surface area contributed by atoms with Crippen LogP contribution in [0.2, 0.25) is 0 Å². The topological polar surface area (TPSA) is 40.5 Å². The third-order valence-electron chi connectivity index (χ3n) is 2.58. The highest BCUT2D eigenvalue weighted by Gasteiger charge is 2.13. The number of hydrogen-bond donors (Lipinski definition) is 1. The predicted molar refractivity (Wildman–Crippen MR) is 73.6 cm³/mol. The van der Waals surface area contributed by atoms with Crippen LogP contribution in [0, 0.1) is 5.41 Å². The van der Waals surface area contributed by atoms with Gasteiger partial charge in [0.2, 0.25) is 0 Å². The number of aliphatic carboxylic acids is 1. The zero-order chi connectivity index (χ0) is 13.8. The molecule has 100 valence electrons. The lowest BCUT2D eigenvalue weighted by Gasteiger charge is -2.26. The molecule has 18 heavy (non-hydrogen) atoms. The zero-order valence-electron chi connectivity index (χ0n) is 11.7. The lowest BCUT2D eigenvalue weighted by molar-refractivity contribution is -0.136. The average molecular weight is 249 g/mol. The van der Waals surface area contributed by atoms with Gasteiger partial charge in [-0.1, -0.05) is 45.0 Å². The van der Waals surface area contributed by atoms with Gasteiger partial charge in [0, 0.05) is 13.1 Å². The van der Waals surface area contributed by atoms with E-state index in [2.05, 4.69) is 32.7 Å². The van der Waals surface area contributed by atoms with Gasteiger partial charge in [-0.3, -0.25) is 4.79 Å². The molecule has 0 aliphatic rings. The minimum atomic E-state index is -0.785. The number of carboxylic acid groups (broad SMARTS) is 1. The van der Waals surface area contributed by atoms with Gasteiger partial charge >= 0.3 is 5.97 Å². The van der Waals surface area contributed by atoms with E-state index in [-0.39, 0.29) is 11.8 Å². The summed E-state index contributed by atoms with van der Waals surface area (Å²) in [6.45, 7) is 8.59. The summed E-state index contributed by atoms with van der Waals surface area (Å²) in [5.74, 6) is -0.785. The lowest BCUT2D eigenvalue weighted by atomic mass is 9.96. The molecule has 0 heterocycles. The van der Waals surface area contributed by atoms with Gasteiger partial charge in [-0.2, -0.15) is 0 Å². The summed E-state index contributed by atoms with van der Waals surface area (Å²) in [4.78, 5) is 12.9. The van der Waals surface area contributed by atoms with Crippen molar-refractivity contribution in [3.8, 4) is 0 Å². The third kappa shape index (κ3) is 5.82. The summed E-state index contributed by atoms with van der Waals surface area (Å²) in [5.41, 5.74) is 2.36. The Morgan fingerprint density at radius 3 is 2.11 bits per heavy atom. The third-order valence-corrected chi connectivity index (χ3v) is 2.58. The number of rotatable bonds is 5. The molecular weight excluding hydrogens is 226 g/mol. The first-order valence-corrected chi connectivity index (χ1v) is 6.24. The fourth-order valence-corrected chi connectivity index (χ4v) is 2.11. The average Bonchev–Trinajstić information content (AvgIpc) is 2.17. The Hall–Kier alpha value is -1.35. The van der Waals surface area contributed by atoms with Crippen molar-refractivity contribution in [2.24, 2.45) is 5.41 Å². The standard InChI is InChI=1S/C15H23NO2/c1-15(2,3)11-16(4)10-13-7-5-12(6-8-13)9-14(17)18/h5-8H,9-11H2,1-4H3,(H,17,18). The second-order valence-electron chi connectivity index (χ2n) is 6.12. The molecule has 0 aliphatic heterocycles. The van der Waals surface area contributed by atoms with E-state index in [1.54, 1.807) is 0 Å². The number of benzene rings is 1. The molecule has 0 aromatic heterocycles. The van der Waals surface area contributed by atoms with Crippen LogP contribution in [0.3, 0.4) is 0 Å². The van der Waals surface area contributed by atoms with Crippen LogP contribution in [-0.2, 0) is 17.8 Å². The zero-order valence-corrected chi connectivity index (χ0v) is 11.7. The molecule has 0 saturated heterocycles.